The monoisotopic (exact) mass is 326 g/mol. The quantitative estimate of drug-likeness (QED) is 0.922. The van der Waals surface area contributed by atoms with Crippen molar-refractivity contribution in [2.45, 2.75) is 31.7 Å². The molecular weight excluding hydrogens is 303 g/mol. The number of nitrogens with zero attached hydrogens (tertiary/aromatic N) is 1. The molecule has 2 aliphatic heterocycles. The van der Waals surface area contributed by atoms with Crippen LogP contribution in [0.25, 0.3) is 0 Å². The summed E-state index contributed by atoms with van der Waals surface area (Å²) in [5.41, 5.74) is 0.773. The number of urea groups is 1. The summed E-state index contributed by atoms with van der Waals surface area (Å²) in [6, 6.07) is 2.19. The first-order valence-electron chi connectivity index (χ1n) is 7.94. The molecular formula is C16H23FN2O2S. The van der Waals surface area contributed by atoms with Crippen molar-refractivity contribution in [1.29, 1.82) is 0 Å². The zero-order valence-electron chi connectivity index (χ0n) is 12.7. The van der Waals surface area contributed by atoms with Gasteiger partial charge < -0.3 is 15.0 Å². The van der Waals surface area contributed by atoms with Gasteiger partial charge >= 0.3 is 6.03 Å². The van der Waals surface area contributed by atoms with E-state index in [0.29, 0.717) is 32.6 Å². The number of rotatable bonds is 4. The van der Waals surface area contributed by atoms with E-state index in [1.807, 2.05) is 10.3 Å². The summed E-state index contributed by atoms with van der Waals surface area (Å²) >= 11 is 1.66. The Labute approximate surface area is 134 Å². The fourth-order valence-corrected chi connectivity index (χ4v) is 4.05. The highest BCUT2D eigenvalue weighted by molar-refractivity contribution is 7.07. The molecule has 1 aromatic heterocycles. The van der Waals surface area contributed by atoms with E-state index in [1.54, 1.807) is 11.3 Å². The van der Waals surface area contributed by atoms with Crippen molar-refractivity contribution in [2.24, 2.45) is 5.41 Å². The van der Waals surface area contributed by atoms with Crippen molar-refractivity contribution < 1.29 is 13.9 Å². The van der Waals surface area contributed by atoms with Crippen LogP contribution in [0.2, 0.25) is 0 Å². The molecule has 0 spiro atoms. The van der Waals surface area contributed by atoms with Crippen LogP contribution in [0.1, 0.15) is 37.3 Å². The van der Waals surface area contributed by atoms with Gasteiger partial charge in [0.1, 0.15) is 0 Å². The molecule has 0 radical (unpaired) electrons. The van der Waals surface area contributed by atoms with Crippen molar-refractivity contribution in [1.82, 2.24) is 10.2 Å². The smallest absolute Gasteiger partial charge is 0.317 e. The summed E-state index contributed by atoms with van der Waals surface area (Å²) in [6.45, 7) is 1.95. The number of hydrogen-bond acceptors (Lipinski definition) is 3. The third-order valence-electron chi connectivity index (χ3n) is 4.89. The number of alkyl halides is 1. The molecule has 4 nitrogen and oxygen atoms in total. The molecule has 2 fully saturated rings. The van der Waals surface area contributed by atoms with Gasteiger partial charge in [-0.25, -0.2) is 4.79 Å². The molecule has 0 saturated carbocycles. The first-order valence-corrected chi connectivity index (χ1v) is 8.89. The third kappa shape index (κ3) is 3.27. The van der Waals surface area contributed by atoms with Crippen molar-refractivity contribution in [3.8, 4) is 0 Å². The maximum atomic E-state index is 13.4. The van der Waals surface area contributed by atoms with Crippen LogP contribution in [0.5, 0.6) is 0 Å². The van der Waals surface area contributed by atoms with Crippen LogP contribution in [-0.4, -0.2) is 43.9 Å². The van der Waals surface area contributed by atoms with Gasteiger partial charge in [-0.1, -0.05) is 0 Å². The molecule has 122 valence electrons. The number of ether oxygens (including phenoxy) is 1. The average Bonchev–Trinajstić information content (AvgIpc) is 3.24. The highest BCUT2D eigenvalue weighted by atomic mass is 32.1. The van der Waals surface area contributed by atoms with Gasteiger partial charge in [-0.3, -0.25) is 4.39 Å². The van der Waals surface area contributed by atoms with Gasteiger partial charge in [0.15, 0.2) is 0 Å². The predicted octanol–water partition coefficient (Wildman–Crippen LogP) is 3.36. The molecule has 22 heavy (non-hydrogen) atoms. The van der Waals surface area contributed by atoms with Crippen LogP contribution < -0.4 is 5.32 Å². The number of halogens is 1. The number of carbonyl (C=O) groups is 1. The van der Waals surface area contributed by atoms with Crippen LogP contribution in [0.3, 0.4) is 0 Å². The largest absolute Gasteiger partial charge is 0.381 e. The molecule has 2 saturated heterocycles. The Balaban J connectivity index is 1.59. The second kappa shape index (κ2) is 6.96. The first kappa shape index (κ1) is 15.7. The Bertz CT molecular complexity index is 488. The van der Waals surface area contributed by atoms with Crippen LogP contribution in [0.4, 0.5) is 9.18 Å². The molecule has 1 aromatic rings. The van der Waals surface area contributed by atoms with Gasteiger partial charge in [-0.15, -0.1) is 0 Å². The fourth-order valence-electron chi connectivity index (χ4n) is 3.35. The Morgan fingerprint density at radius 3 is 3.00 bits per heavy atom. The Morgan fingerprint density at radius 2 is 2.32 bits per heavy atom. The van der Waals surface area contributed by atoms with Gasteiger partial charge in [-0.2, -0.15) is 11.3 Å². The van der Waals surface area contributed by atoms with E-state index < -0.39 is 12.1 Å². The Kier molecular flexibility index (Phi) is 4.98. The van der Waals surface area contributed by atoms with Crippen molar-refractivity contribution in [3.63, 3.8) is 0 Å². The van der Waals surface area contributed by atoms with Gasteiger partial charge in [0.05, 0.1) is 12.7 Å². The van der Waals surface area contributed by atoms with Gasteiger partial charge in [-0.05, 0) is 48.1 Å². The second-order valence-corrected chi connectivity index (χ2v) is 7.09. The van der Waals surface area contributed by atoms with Crippen molar-refractivity contribution in [2.75, 3.05) is 33.0 Å². The lowest BCUT2D eigenvalue weighted by Crippen LogP contribution is -2.47. The molecule has 0 bridgehead atoms. The van der Waals surface area contributed by atoms with Crippen LogP contribution in [0.15, 0.2) is 16.8 Å². The minimum Gasteiger partial charge on any atom is -0.381 e. The number of nitrogens with one attached hydrogen (secondary N) is 1. The maximum absolute atomic E-state index is 13.4. The molecule has 3 rings (SSSR count). The van der Waals surface area contributed by atoms with E-state index in [1.165, 1.54) is 5.56 Å². The van der Waals surface area contributed by atoms with E-state index in [0.717, 1.165) is 19.4 Å². The molecule has 1 atom stereocenters. The molecule has 6 heteroatoms. The van der Waals surface area contributed by atoms with E-state index in [2.05, 4.69) is 16.8 Å². The van der Waals surface area contributed by atoms with E-state index in [-0.39, 0.29) is 12.1 Å². The molecule has 1 unspecified atom stereocenters. The van der Waals surface area contributed by atoms with E-state index in [9.17, 15) is 9.18 Å². The molecule has 2 amide bonds. The highest BCUT2D eigenvalue weighted by Gasteiger charge is 2.35. The van der Waals surface area contributed by atoms with Gasteiger partial charge in [0.2, 0.25) is 0 Å². The van der Waals surface area contributed by atoms with E-state index in [4.69, 9.17) is 4.74 Å². The summed E-state index contributed by atoms with van der Waals surface area (Å²) in [6.07, 6.45) is 3.39. The molecule has 0 aromatic carbocycles. The number of carbonyl (C=O) groups excluding carboxylic acids is 1. The predicted molar refractivity (Wildman–Crippen MR) is 84.9 cm³/mol. The lowest BCUT2D eigenvalue weighted by Gasteiger charge is -2.35. The zero-order chi connectivity index (χ0) is 15.4. The van der Waals surface area contributed by atoms with Crippen LogP contribution >= 0.6 is 11.3 Å². The molecule has 0 aliphatic carbocycles. The first-order chi connectivity index (χ1) is 10.7. The van der Waals surface area contributed by atoms with Crippen LogP contribution in [-0.2, 0) is 4.74 Å². The van der Waals surface area contributed by atoms with Gasteiger partial charge in [0, 0.05) is 31.7 Å². The summed E-state index contributed by atoms with van der Waals surface area (Å²) in [4.78, 5) is 14.4. The minimum absolute atomic E-state index is 0.0620. The van der Waals surface area contributed by atoms with E-state index >= 15 is 0 Å². The lowest BCUT2D eigenvalue weighted by atomic mass is 9.81. The second-order valence-electron chi connectivity index (χ2n) is 6.31. The summed E-state index contributed by atoms with van der Waals surface area (Å²) < 4.78 is 18.8. The summed E-state index contributed by atoms with van der Waals surface area (Å²) in [5, 5.41) is 7.13. The maximum Gasteiger partial charge on any atom is 0.317 e. The zero-order valence-corrected chi connectivity index (χ0v) is 13.5. The topological polar surface area (TPSA) is 41.6 Å². The summed E-state index contributed by atoms with van der Waals surface area (Å²) in [5.74, 6) is 0. The molecule has 2 aliphatic rings. The Morgan fingerprint density at radius 1 is 1.50 bits per heavy atom. The number of thiophene rings is 1. The SMILES string of the molecule is O=C(NCC1(CF)CCOCC1)N1CCCC1c1ccsc1. The lowest BCUT2D eigenvalue weighted by molar-refractivity contribution is 0.00303. The van der Waals surface area contributed by atoms with Crippen molar-refractivity contribution >= 4 is 17.4 Å². The highest BCUT2D eigenvalue weighted by Crippen LogP contribution is 2.34. The number of amides is 2. The van der Waals surface area contributed by atoms with Crippen LogP contribution in [0, 0.1) is 5.41 Å². The average molecular weight is 326 g/mol. The van der Waals surface area contributed by atoms with Gasteiger partial charge in [0.25, 0.3) is 0 Å². The molecule has 3 heterocycles. The number of likely N-dealkylation sites (tertiary alicyclic amines) is 1. The standard InChI is InChI=1S/C16H23FN2O2S/c17-11-16(4-7-21-8-5-16)12-18-15(20)19-6-1-2-14(19)13-3-9-22-10-13/h3,9-10,14H,1-2,4-8,11-12H2,(H,18,20). The Hall–Kier alpha value is -1.14. The van der Waals surface area contributed by atoms with Crippen molar-refractivity contribution in [3.05, 3.63) is 22.4 Å². The normalized spacial score (nSPS) is 24.4. The molecule has 1 N–H and O–H groups in total. The third-order valence-corrected chi connectivity index (χ3v) is 5.59. The fraction of sp³-hybridized carbons (Fsp3) is 0.688. The minimum atomic E-state index is -0.439. The summed E-state index contributed by atoms with van der Waals surface area (Å²) in [7, 11) is 0. The number of hydrogen-bond donors (Lipinski definition) is 1.